The average molecular weight is 210 g/mol. The zero-order chi connectivity index (χ0) is 10.2. The number of unbranched alkanes of at least 4 members (excludes halogenated alkanes) is 1. The van der Waals surface area contributed by atoms with Crippen molar-refractivity contribution in [3.8, 4) is 0 Å². The largest absolute Gasteiger partial charge is 0.309 e. The molecule has 0 amide bonds. The van der Waals surface area contributed by atoms with Gasteiger partial charge in [0, 0.05) is 5.02 Å². The summed E-state index contributed by atoms with van der Waals surface area (Å²) >= 11 is 5.74. The molecule has 74 valence electrons. The van der Waals surface area contributed by atoms with Crippen LogP contribution in [0.2, 0.25) is 5.02 Å². The van der Waals surface area contributed by atoms with Crippen LogP contribution < -0.4 is 4.99 Å². The monoisotopic (exact) mass is 209 g/mol. The van der Waals surface area contributed by atoms with Gasteiger partial charge in [0.2, 0.25) is 0 Å². The van der Waals surface area contributed by atoms with Crippen molar-refractivity contribution < 1.29 is 4.99 Å². The smallest absolute Gasteiger partial charge is 0.200 e. The van der Waals surface area contributed by atoms with Crippen LogP contribution >= 0.6 is 11.6 Å². The summed E-state index contributed by atoms with van der Waals surface area (Å²) in [4.78, 5) is 7.04. The molecule has 1 aromatic carbocycles. The van der Waals surface area contributed by atoms with Crippen molar-refractivity contribution in [1.82, 2.24) is 0 Å². The SMILES string of the molecule is CCCCN=C=[NH+]c1ccc(Cl)cc1. The lowest BCUT2D eigenvalue weighted by atomic mass is 10.3. The van der Waals surface area contributed by atoms with Gasteiger partial charge in [-0.1, -0.05) is 24.9 Å². The van der Waals surface area contributed by atoms with E-state index in [1.54, 1.807) is 0 Å². The summed E-state index contributed by atoms with van der Waals surface area (Å²) in [5.74, 6) is 0. The van der Waals surface area contributed by atoms with Gasteiger partial charge in [-0.3, -0.25) is 0 Å². The summed E-state index contributed by atoms with van der Waals surface area (Å²) in [5, 5.41) is 0.735. The molecule has 1 N–H and O–H groups in total. The van der Waals surface area contributed by atoms with E-state index in [0.29, 0.717) is 0 Å². The summed E-state index contributed by atoms with van der Waals surface area (Å²) in [6.07, 6.45) is 2.27. The van der Waals surface area contributed by atoms with E-state index >= 15 is 0 Å². The number of nitrogens with zero attached hydrogens (tertiary/aromatic N) is 1. The van der Waals surface area contributed by atoms with Gasteiger partial charge < -0.3 is 0 Å². The second-order valence-corrected chi connectivity index (χ2v) is 3.42. The third kappa shape index (κ3) is 4.22. The molecule has 1 rings (SSSR count). The summed E-state index contributed by atoms with van der Waals surface area (Å²) in [6, 6.07) is 10.2. The van der Waals surface area contributed by atoms with E-state index in [0.717, 1.165) is 30.1 Å². The average Bonchev–Trinajstić information content (AvgIpc) is 2.21. The lowest BCUT2D eigenvalue weighted by molar-refractivity contribution is -0.345. The molecular formula is C11H14ClN2+. The van der Waals surface area contributed by atoms with Crippen LogP contribution in [0, 0.1) is 0 Å². The molecule has 0 aliphatic carbocycles. The Morgan fingerprint density at radius 1 is 1.36 bits per heavy atom. The number of nitrogens with one attached hydrogen (secondary N) is 1. The van der Waals surface area contributed by atoms with Gasteiger partial charge in [0.15, 0.2) is 0 Å². The fraction of sp³-hybridized carbons (Fsp3) is 0.364. The van der Waals surface area contributed by atoms with E-state index in [2.05, 4.69) is 22.9 Å². The number of hydrogen-bond acceptors (Lipinski definition) is 1. The summed E-state index contributed by atoms with van der Waals surface area (Å²) in [6.45, 7) is 2.97. The molecule has 0 fully saturated rings. The Kier molecular flexibility index (Phi) is 4.98. The molecule has 0 aliphatic rings. The molecule has 2 nitrogen and oxygen atoms in total. The summed E-state index contributed by atoms with van der Waals surface area (Å²) in [5.41, 5.74) is 0.953. The molecule has 0 aliphatic heterocycles. The number of aliphatic imine (C=N–C) groups is 1. The van der Waals surface area contributed by atoms with Crippen molar-refractivity contribution in [3.05, 3.63) is 29.3 Å². The molecule has 0 radical (unpaired) electrons. The van der Waals surface area contributed by atoms with Crippen molar-refractivity contribution in [2.45, 2.75) is 19.8 Å². The Morgan fingerprint density at radius 3 is 2.71 bits per heavy atom. The predicted octanol–water partition coefficient (Wildman–Crippen LogP) is 2.03. The van der Waals surface area contributed by atoms with Crippen molar-refractivity contribution in [2.75, 3.05) is 6.54 Å². The number of hydrogen-bond donors (Lipinski definition) is 1. The van der Waals surface area contributed by atoms with Crippen LogP contribution in [0.5, 0.6) is 0 Å². The first-order valence-electron chi connectivity index (χ1n) is 4.76. The van der Waals surface area contributed by atoms with Crippen molar-refractivity contribution in [1.29, 1.82) is 0 Å². The molecule has 0 unspecified atom stereocenters. The Morgan fingerprint density at radius 2 is 2.07 bits per heavy atom. The first kappa shape index (κ1) is 11.0. The zero-order valence-electron chi connectivity index (χ0n) is 8.26. The number of benzene rings is 1. The molecule has 0 heterocycles. The van der Waals surface area contributed by atoms with E-state index in [1.165, 1.54) is 0 Å². The molecule has 0 aromatic heterocycles. The van der Waals surface area contributed by atoms with E-state index in [4.69, 9.17) is 11.6 Å². The van der Waals surface area contributed by atoms with Crippen LogP contribution in [0.15, 0.2) is 29.3 Å². The molecular weight excluding hydrogens is 196 g/mol. The molecule has 0 atom stereocenters. The Bertz CT molecular complexity index is 324. The van der Waals surface area contributed by atoms with Crippen molar-refractivity contribution >= 4 is 23.3 Å². The lowest BCUT2D eigenvalue weighted by Gasteiger charge is -1.87. The van der Waals surface area contributed by atoms with Gasteiger partial charge >= 0.3 is 6.01 Å². The fourth-order valence-corrected chi connectivity index (χ4v) is 1.06. The van der Waals surface area contributed by atoms with E-state index in [1.807, 2.05) is 24.3 Å². The molecule has 0 bridgehead atoms. The highest BCUT2D eigenvalue weighted by molar-refractivity contribution is 6.30. The van der Waals surface area contributed by atoms with Crippen LogP contribution in [-0.2, 0) is 0 Å². The van der Waals surface area contributed by atoms with Gasteiger partial charge in [0.05, 0.1) is 0 Å². The maximum atomic E-state index is 5.74. The van der Waals surface area contributed by atoms with Crippen LogP contribution in [0.1, 0.15) is 19.8 Å². The molecule has 0 saturated carbocycles. The molecule has 1 aromatic rings. The first-order chi connectivity index (χ1) is 6.83. The third-order valence-corrected chi connectivity index (χ3v) is 2.00. The van der Waals surface area contributed by atoms with Gasteiger partial charge in [0.25, 0.3) is 0 Å². The van der Waals surface area contributed by atoms with Gasteiger partial charge in [-0.2, -0.15) is 4.99 Å². The maximum Gasteiger partial charge on any atom is 0.309 e. The summed E-state index contributed by atoms with van der Waals surface area (Å²) in [7, 11) is 0. The van der Waals surface area contributed by atoms with Crippen LogP contribution in [0.4, 0.5) is 5.69 Å². The molecule has 14 heavy (non-hydrogen) atoms. The maximum absolute atomic E-state index is 5.74. The quantitative estimate of drug-likeness (QED) is 0.580. The minimum atomic E-state index is 0.735. The van der Waals surface area contributed by atoms with E-state index in [9.17, 15) is 0 Å². The zero-order valence-corrected chi connectivity index (χ0v) is 9.01. The lowest BCUT2D eigenvalue weighted by Crippen LogP contribution is -2.59. The topological polar surface area (TPSA) is 26.3 Å². The minimum Gasteiger partial charge on any atom is -0.200 e. The van der Waals surface area contributed by atoms with Gasteiger partial charge in [-0.15, -0.1) is 0 Å². The first-order valence-corrected chi connectivity index (χ1v) is 5.14. The van der Waals surface area contributed by atoms with Gasteiger partial charge in [-0.05, 0) is 35.7 Å². The second-order valence-electron chi connectivity index (χ2n) is 2.98. The Labute approximate surface area is 89.4 Å². The highest BCUT2D eigenvalue weighted by Crippen LogP contribution is 2.08. The van der Waals surface area contributed by atoms with Crippen LogP contribution in [0.3, 0.4) is 0 Å². The second kappa shape index (κ2) is 6.36. The molecule has 0 saturated heterocycles. The molecule has 0 spiro atoms. The third-order valence-electron chi connectivity index (χ3n) is 1.75. The number of halogens is 1. The highest BCUT2D eigenvalue weighted by Gasteiger charge is 1.90. The van der Waals surface area contributed by atoms with Crippen molar-refractivity contribution in [3.63, 3.8) is 0 Å². The van der Waals surface area contributed by atoms with Crippen LogP contribution in [0.25, 0.3) is 0 Å². The molecule has 3 heteroatoms. The Hall–Kier alpha value is -1.11. The van der Waals surface area contributed by atoms with Crippen LogP contribution in [-0.4, -0.2) is 12.6 Å². The fourth-order valence-electron chi connectivity index (χ4n) is 0.930. The summed E-state index contributed by atoms with van der Waals surface area (Å²) < 4.78 is 0. The minimum absolute atomic E-state index is 0.735. The highest BCUT2D eigenvalue weighted by atomic mass is 35.5. The standard InChI is InChI=1S/C11H13ClN2/c1-2-3-8-13-9-14-11-6-4-10(12)5-7-11/h4-7H,2-3,8H2,1H3/p+1. The van der Waals surface area contributed by atoms with Gasteiger partial charge in [0.1, 0.15) is 12.2 Å². The van der Waals surface area contributed by atoms with E-state index in [-0.39, 0.29) is 0 Å². The Balaban J connectivity index is 2.51. The predicted molar refractivity (Wildman–Crippen MR) is 59.3 cm³/mol. The van der Waals surface area contributed by atoms with Gasteiger partial charge in [-0.25, -0.2) is 0 Å². The number of rotatable bonds is 4. The normalized spacial score (nSPS) is 9.29. The van der Waals surface area contributed by atoms with Crippen molar-refractivity contribution in [2.24, 2.45) is 4.99 Å². The van der Waals surface area contributed by atoms with E-state index < -0.39 is 0 Å².